The number of nitrogens with zero attached hydrogens (tertiary/aromatic N) is 1. The fourth-order valence-corrected chi connectivity index (χ4v) is 2.96. The number of primary amides is 1. The maximum atomic E-state index is 11.6. The largest absolute Gasteiger partial charge is 0.368 e. The van der Waals surface area contributed by atoms with Gasteiger partial charge in [0.1, 0.15) is 0 Å². The van der Waals surface area contributed by atoms with Gasteiger partial charge in [0.05, 0.1) is 5.54 Å². The zero-order chi connectivity index (χ0) is 15.0. The summed E-state index contributed by atoms with van der Waals surface area (Å²) in [7, 11) is 0. The maximum absolute atomic E-state index is 11.6. The minimum Gasteiger partial charge on any atom is -0.368 e. The lowest BCUT2D eigenvalue weighted by Gasteiger charge is -2.27. The van der Waals surface area contributed by atoms with Gasteiger partial charge in [0.2, 0.25) is 5.91 Å². The second-order valence-electron chi connectivity index (χ2n) is 6.44. The zero-order valence-electron chi connectivity index (χ0n) is 13.6. The molecule has 4 heteroatoms. The Bertz CT molecular complexity index is 295. The molecule has 0 aromatic heterocycles. The Morgan fingerprint density at radius 3 is 2.70 bits per heavy atom. The van der Waals surface area contributed by atoms with Crippen LogP contribution in [-0.2, 0) is 4.79 Å². The summed E-state index contributed by atoms with van der Waals surface area (Å²) >= 11 is 0. The van der Waals surface area contributed by atoms with Gasteiger partial charge in [-0.25, -0.2) is 0 Å². The predicted molar refractivity (Wildman–Crippen MR) is 84.6 cm³/mol. The van der Waals surface area contributed by atoms with Crippen LogP contribution in [0.2, 0.25) is 0 Å². The minimum absolute atomic E-state index is 0.224. The summed E-state index contributed by atoms with van der Waals surface area (Å²) in [6, 6.07) is 0. The summed E-state index contributed by atoms with van der Waals surface area (Å²) in [5.41, 5.74) is 5.01. The molecule has 1 saturated heterocycles. The number of hydrogen-bond donors (Lipinski definition) is 2. The molecule has 1 fully saturated rings. The van der Waals surface area contributed by atoms with Crippen molar-refractivity contribution in [3.8, 4) is 0 Å². The second kappa shape index (κ2) is 8.63. The van der Waals surface area contributed by atoms with E-state index < -0.39 is 5.54 Å². The van der Waals surface area contributed by atoms with Gasteiger partial charge in [-0.15, -0.1) is 0 Å². The van der Waals surface area contributed by atoms with Gasteiger partial charge in [-0.05, 0) is 64.6 Å². The van der Waals surface area contributed by atoms with Gasteiger partial charge in [0.15, 0.2) is 0 Å². The Morgan fingerprint density at radius 2 is 2.15 bits per heavy atom. The highest BCUT2D eigenvalue weighted by Crippen LogP contribution is 2.20. The quantitative estimate of drug-likeness (QED) is 0.604. The highest BCUT2D eigenvalue weighted by atomic mass is 16.1. The van der Waals surface area contributed by atoms with Crippen molar-refractivity contribution < 1.29 is 4.79 Å². The molecule has 0 bridgehead atoms. The first-order valence-electron chi connectivity index (χ1n) is 8.29. The molecule has 2 unspecified atom stereocenters. The third-order valence-corrected chi connectivity index (χ3v) is 4.66. The summed E-state index contributed by atoms with van der Waals surface area (Å²) in [5.74, 6) is 0.676. The standard InChI is InChI=1S/C16H33N3O/c1-4-10-18-16(3,15(17)20)9-6-7-11-19-12-8-14(5-2)13-19/h14,18H,4-13H2,1-3H3,(H2,17,20). The monoisotopic (exact) mass is 283 g/mol. The van der Waals surface area contributed by atoms with E-state index >= 15 is 0 Å². The van der Waals surface area contributed by atoms with E-state index in [9.17, 15) is 4.79 Å². The van der Waals surface area contributed by atoms with E-state index in [4.69, 9.17) is 5.73 Å². The van der Waals surface area contributed by atoms with Gasteiger partial charge < -0.3 is 16.0 Å². The minimum atomic E-state index is -0.535. The number of carbonyl (C=O) groups is 1. The number of hydrogen-bond acceptors (Lipinski definition) is 3. The third kappa shape index (κ3) is 5.41. The van der Waals surface area contributed by atoms with Gasteiger partial charge in [-0.2, -0.15) is 0 Å². The molecule has 1 rings (SSSR count). The molecule has 0 radical (unpaired) electrons. The number of nitrogens with one attached hydrogen (secondary N) is 1. The summed E-state index contributed by atoms with van der Waals surface area (Å²) in [5, 5.41) is 3.30. The van der Waals surface area contributed by atoms with Gasteiger partial charge >= 0.3 is 0 Å². The molecular formula is C16H33N3O. The molecule has 1 amide bonds. The van der Waals surface area contributed by atoms with Crippen LogP contribution in [-0.4, -0.2) is 42.5 Å². The van der Waals surface area contributed by atoms with E-state index in [1.165, 1.54) is 32.5 Å². The van der Waals surface area contributed by atoms with Crippen LogP contribution in [0.15, 0.2) is 0 Å². The normalized spacial score (nSPS) is 22.9. The van der Waals surface area contributed by atoms with Crippen LogP contribution >= 0.6 is 0 Å². The van der Waals surface area contributed by atoms with Crippen molar-refractivity contribution in [2.75, 3.05) is 26.2 Å². The van der Waals surface area contributed by atoms with Crippen molar-refractivity contribution in [3.05, 3.63) is 0 Å². The Morgan fingerprint density at radius 1 is 1.40 bits per heavy atom. The third-order valence-electron chi connectivity index (χ3n) is 4.66. The van der Waals surface area contributed by atoms with Gasteiger partial charge in [-0.3, -0.25) is 4.79 Å². The number of nitrogens with two attached hydrogens (primary N) is 1. The van der Waals surface area contributed by atoms with Gasteiger partial charge in [-0.1, -0.05) is 20.3 Å². The lowest BCUT2D eigenvalue weighted by Crippen LogP contribution is -2.53. The Balaban J connectivity index is 2.22. The number of likely N-dealkylation sites (tertiary alicyclic amines) is 1. The number of carbonyl (C=O) groups excluding carboxylic acids is 1. The Labute approximate surface area is 124 Å². The lowest BCUT2D eigenvalue weighted by atomic mass is 9.93. The molecule has 0 aromatic rings. The fraction of sp³-hybridized carbons (Fsp3) is 0.938. The van der Waals surface area contributed by atoms with Crippen LogP contribution in [0.3, 0.4) is 0 Å². The van der Waals surface area contributed by atoms with Crippen molar-refractivity contribution in [2.24, 2.45) is 11.7 Å². The first-order chi connectivity index (χ1) is 9.51. The summed E-state index contributed by atoms with van der Waals surface area (Å²) < 4.78 is 0. The molecule has 0 aliphatic carbocycles. The van der Waals surface area contributed by atoms with Gasteiger partial charge in [0.25, 0.3) is 0 Å². The molecule has 4 nitrogen and oxygen atoms in total. The second-order valence-corrected chi connectivity index (χ2v) is 6.44. The SMILES string of the molecule is CCCNC(C)(CCCCN1CCC(CC)C1)C(N)=O. The molecule has 1 aliphatic rings. The van der Waals surface area contributed by atoms with E-state index in [0.29, 0.717) is 0 Å². The Kier molecular flexibility index (Phi) is 7.52. The van der Waals surface area contributed by atoms with Gasteiger partial charge in [0, 0.05) is 6.54 Å². The van der Waals surface area contributed by atoms with Crippen molar-refractivity contribution in [3.63, 3.8) is 0 Å². The van der Waals surface area contributed by atoms with Crippen LogP contribution in [0, 0.1) is 5.92 Å². The van der Waals surface area contributed by atoms with Crippen LogP contribution in [0.4, 0.5) is 0 Å². The smallest absolute Gasteiger partial charge is 0.237 e. The lowest BCUT2D eigenvalue weighted by molar-refractivity contribution is -0.124. The summed E-state index contributed by atoms with van der Waals surface area (Å²) in [6.07, 6.45) is 6.74. The van der Waals surface area contributed by atoms with Crippen LogP contribution in [0.1, 0.15) is 59.3 Å². The highest BCUT2D eigenvalue weighted by molar-refractivity contribution is 5.84. The maximum Gasteiger partial charge on any atom is 0.237 e. The molecular weight excluding hydrogens is 250 g/mol. The number of unbranched alkanes of at least 4 members (excludes halogenated alkanes) is 1. The fourth-order valence-electron chi connectivity index (χ4n) is 2.96. The summed E-state index contributed by atoms with van der Waals surface area (Å²) in [6.45, 7) is 10.9. The average molecular weight is 283 g/mol. The van der Waals surface area contributed by atoms with Crippen LogP contribution in [0.25, 0.3) is 0 Å². The highest BCUT2D eigenvalue weighted by Gasteiger charge is 2.29. The van der Waals surface area contributed by atoms with E-state index in [-0.39, 0.29) is 5.91 Å². The van der Waals surface area contributed by atoms with Crippen LogP contribution < -0.4 is 11.1 Å². The molecule has 0 saturated carbocycles. The topological polar surface area (TPSA) is 58.4 Å². The molecule has 0 aromatic carbocycles. The first kappa shape index (κ1) is 17.4. The van der Waals surface area contributed by atoms with Crippen molar-refractivity contribution >= 4 is 5.91 Å². The van der Waals surface area contributed by atoms with E-state index in [2.05, 4.69) is 24.1 Å². The predicted octanol–water partition coefficient (Wildman–Crippen LogP) is 2.13. The molecule has 2 atom stereocenters. The Hall–Kier alpha value is -0.610. The number of amides is 1. The molecule has 3 N–H and O–H groups in total. The summed E-state index contributed by atoms with van der Waals surface area (Å²) in [4.78, 5) is 14.2. The van der Waals surface area contributed by atoms with Crippen LogP contribution in [0.5, 0.6) is 0 Å². The molecule has 20 heavy (non-hydrogen) atoms. The molecule has 0 spiro atoms. The van der Waals surface area contributed by atoms with Crippen molar-refractivity contribution in [2.45, 2.75) is 64.8 Å². The molecule has 118 valence electrons. The van der Waals surface area contributed by atoms with Crippen molar-refractivity contribution in [1.82, 2.24) is 10.2 Å². The molecule has 1 aliphatic heterocycles. The average Bonchev–Trinajstić information content (AvgIpc) is 2.89. The van der Waals surface area contributed by atoms with E-state index in [1.54, 1.807) is 0 Å². The zero-order valence-corrected chi connectivity index (χ0v) is 13.6. The first-order valence-corrected chi connectivity index (χ1v) is 8.29. The van der Waals surface area contributed by atoms with E-state index in [1.807, 2.05) is 6.92 Å². The number of rotatable bonds is 10. The molecule has 1 heterocycles. The van der Waals surface area contributed by atoms with E-state index in [0.717, 1.165) is 38.1 Å². The van der Waals surface area contributed by atoms with Crippen molar-refractivity contribution in [1.29, 1.82) is 0 Å².